The molecule has 0 bridgehead atoms. The van der Waals surface area contributed by atoms with E-state index in [2.05, 4.69) is 18.8 Å². The van der Waals surface area contributed by atoms with Gasteiger partial charge in [0.05, 0.1) is 5.02 Å². The molecule has 1 rings (SSSR count). The Bertz CT molecular complexity index is 368. The highest BCUT2D eigenvalue weighted by molar-refractivity contribution is 6.31. The zero-order valence-electron chi connectivity index (χ0n) is 8.45. The van der Waals surface area contributed by atoms with Gasteiger partial charge in [0, 0.05) is 13.1 Å². The summed E-state index contributed by atoms with van der Waals surface area (Å²) < 4.78 is 0. The van der Waals surface area contributed by atoms with Gasteiger partial charge in [0.2, 0.25) is 0 Å². The molecule has 0 aromatic carbocycles. The van der Waals surface area contributed by atoms with Crippen molar-refractivity contribution in [2.75, 3.05) is 11.9 Å². The number of pyridine rings is 1. The molecular weight excluding hydrogens is 198 g/mol. The second-order valence-corrected chi connectivity index (χ2v) is 3.72. The van der Waals surface area contributed by atoms with E-state index in [1.54, 1.807) is 6.07 Å². The minimum atomic E-state index is 0.275. The third kappa shape index (κ3) is 2.15. The van der Waals surface area contributed by atoms with E-state index < -0.39 is 0 Å². The molecule has 0 amide bonds. The SMILES string of the molecule is CC(C)N(C)c1ccc(Cl)c(C#N)n1. The Kier molecular flexibility index (Phi) is 3.32. The van der Waals surface area contributed by atoms with Crippen LogP contribution in [0.15, 0.2) is 12.1 Å². The highest BCUT2D eigenvalue weighted by atomic mass is 35.5. The predicted molar refractivity (Wildman–Crippen MR) is 57.5 cm³/mol. The first-order chi connectivity index (χ1) is 6.56. The first-order valence-electron chi connectivity index (χ1n) is 4.35. The largest absolute Gasteiger partial charge is 0.357 e. The number of nitrogens with zero attached hydrogens (tertiary/aromatic N) is 3. The van der Waals surface area contributed by atoms with Crippen LogP contribution in [-0.2, 0) is 0 Å². The van der Waals surface area contributed by atoms with Crippen LogP contribution in [-0.4, -0.2) is 18.1 Å². The molecule has 1 aromatic heterocycles. The van der Waals surface area contributed by atoms with Gasteiger partial charge in [0.25, 0.3) is 0 Å². The highest BCUT2D eigenvalue weighted by Gasteiger charge is 2.08. The molecule has 0 aliphatic carbocycles. The van der Waals surface area contributed by atoms with Crippen molar-refractivity contribution >= 4 is 17.4 Å². The maximum Gasteiger partial charge on any atom is 0.161 e. The molecule has 0 aliphatic rings. The molecule has 0 unspecified atom stereocenters. The van der Waals surface area contributed by atoms with Gasteiger partial charge in [0.1, 0.15) is 11.9 Å². The van der Waals surface area contributed by atoms with Crippen molar-refractivity contribution in [1.29, 1.82) is 5.26 Å². The lowest BCUT2D eigenvalue weighted by atomic mass is 10.3. The average molecular weight is 210 g/mol. The smallest absolute Gasteiger partial charge is 0.161 e. The van der Waals surface area contributed by atoms with Gasteiger partial charge in [-0.3, -0.25) is 0 Å². The maximum atomic E-state index is 8.75. The van der Waals surface area contributed by atoms with Crippen LogP contribution in [0.2, 0.25) is 5.02 Å². The Morgan fingerprint density at radius 2 is 2.14 bits per heavy atom. The van der Waals surface area contributed by atoms with E-state index in [0.717, 1.165) is 5.82 Å². The van der Waals surface area contributed by atoms with Crippen LogP contribution < -0.4 is 4.90 Å². The number of rotatable bonds is 2. The minimum Gasteiger partial charge on any atom is -0.357 e. The van der Waals surface area contributed by atoms with Crippen molar-refractivity contribution in [3.8, 4) is 6.07 Å². The summed E-state index contributed by atoms with van der Waals surface area (Å²) in [6, 6.07) is 5.81. The van der Waals surface area contributed by atoms with Gasteiger partial charge in [-0.05, 0) is 26.0 Å². The van der Waals surface area contributed by atoms with E-state index >= 15 is 0 Å². The average Bonchev–Trinajstić information content (AvgIpc) is 2.17. The van der Waals surface area contributed by atoms with Crippen LogP contribution in [0.5, 0.6) is 0 Å². The standard InChI is InChI=1S/C10H12ClN3/c1-7(2)14(3)10-5-4-8(11)9(6-12)13-10/h4-5,7H,1-3H3. The molecule has 0 fully saturated rings. The lowest BCUT2D eigenvalue weighted by Gasteiger charge is -2.22. The fourth-order valence-corrected chi connectivity index (χ4v) is 1.12. The van der Waals surface area contributed by atoms with Gasteiger partial charge in [0.15, 0.2) is 5.69 Å². The van der Waals surface area contributed by atoms with Crippen molar-refractivity contribution in [3.63, 3.8) is 0 Å². The number of aromatic nitrogens is 1. The molecule has 1 aromatic rings. The van der Waals surface area contributed by atoms with Crippen molar-refractivity contribution in [3.05, 3.63) is 22.8 Å². The monoisotopic (exact) mass is 209 g/mol. The third-order valence-electron chi connectivity index (χ3n) is 2.07. The van der Waals surface area contributed by atoms with Crippen LogP contribution in [0.3, 0.4) is 0 Å². The molecule has 0 radical (unpaired) electrons. The fourth-order valence-electron chi connectivity index (χ4n) is 0.971. The van der Waals surface area contributed by atoms with Crippen LogP contribution in [0.25, 0.3) is 0 Å². The molecule has 4 heteroatoms. The summed E-state index contributed by atoms with van der Waals surface area (Å²) in [4.78, 5) is 6.13. The predicted octanol–water partition coefficient (Wildman–Crippen LogP) is 2.45. The maximum absolute atomic E-state index is 8.75. The topological polar surface area (TPSA) is 39.9 Å². The Morgan fingerprint density at radius 1 is 1.50 bits per heavy atom. The number of hydrogen-bond donors (Lipinski definition) is 0. The van der Waals surface area contributed by atoms with Gasteiger partial charge < -0.3 is 4.90 Å². The molecule has 0 aliphatic heterocycles. The minimum absolute atomic E-state index is 0.275. The van der Waals surface area contributed by atoms with E-state index in [4.69, 9.17) is 16.9 Å². The highest BCUT2D eigenvalue weighted by Crippen LogP contribution is 2.18. The van der Waals surface area contributed by atoms with Crippen molar-refractivity contribution in [2.45, 2.75) is 19.9 Å². The van der Waals surface area contributed by atoms with Gasteiger partial charge in [-0.1, -0.05) is 11.6 Å². The van der Waals surface area contributed by atoms with Crippen LogP contribution in [0, 0.1) is 11.3 Å². The molecule has 74 valence electrons. The first kappa shape index (κ1) is 10.8. The van der Waals surface area contributed by atoms with E-state index in [-0.39, 0.29) is 5.69 Å². The van der Waals surface area contributed by atoms with E-state index in [9.17, 15) is 0 Å². The van der Waals surface area contributed by atoms with E-state index in [1.807, 2.05) is 24.1 Å². The Balaban J connectivity index is 3.08. The van der Waals surface area contributed by atoms with E-state index in [1.165, 1.54) is 0 Å². The zero-order chi connectivity index (χ0) is 10.7. The molecule has 1 heterocycles. The Labute approximate surface area is 88.9 Å². The molecule has 0 saturated heterocycles. The van der Waals surface area contributed by atoms with Gasteiger partial charge in [-0.25, -0.2) is 4.98 Å². The van der Waals surface area contributed by atoms with Gasteiger partial charge >= 0.3 is 0 Å². The number of hydrogen-bond acceptors (Lipinski definition) is 3. The Hall–Kier alpha value is -1.27. The van der Waals surface area contributed by atoms with Crippen molar-refractivity contribution in [1.82, 2.24) is 4.98 Å². The number of halogens is 1. The van der Waals surface area contributed by atoms with Gasteiger partial charge in [-0.15, -0.1) is 0 Å². The summed E-state index contributed by atoms with van der Waals surface area (Å²) in [5, 5.41) is 9.14. The summed E-state index contributed by atoms with van der Waals surface area (Å²) >= 11 is 5.78. The summed E-state index contributed by atoms with van der Waals surface area (Å²) in [7, 11) is 1.93. The molecule has 3 nitrogen and oxygen atoms in total. The Morgan fingerprint density at radius 3 is 2.64 bits per heavy atom. The summed E-state index contributed by atoms with van der Waals surface area (Å²) in [6.07, 6.45) is 0. The zero-order valence-corrected chi connectivity index (χ0v) is 9.21. The number of anilines is 1. The van der Waals surface area contributed by atoms with Crippen molar-refractivity contribution in [2.24, 2.45) is 0 Å². The molecular formula is C10H12ClN3. The second-order valence-electron chi connectivity index (χ2n) is 3.32. The normalized spacial score (nSPS) is 10.0. The number of nitriles is 1. The first-order valence-corrected chi connectivity index (χ1v) is 4.73. The van der Waals surface area contributed by atoms with E-state index in [0.29, 0.717) is 11.1 Å². The second kappa shape index (κ2) is 4.30. The summed E-state index contributed by atoms with van der Waals surface area (Å²) in [5.74, 6) is 0.765. The summed E-state index contributed by atoms with van der Waals surface area (Å²) in [6.45, 7) is 4.12. The molecule has 0 N–H and O–H groups in total. The fraction of sp³-hybridized carbons (Fsp3) is 0.400. The van der Waals surface area contributed by atoms with Crippen molar-refractivity contribution < 1.29 is 0 Å². The van der Waals surface area contributed by atoms with Gasteiger partial charge in [-0.2, -0.15) is 5.26 Å². The molecule has 0 atom stereocenters. The summed E-state index contributed by atoms with van der Waals surface area (Å²) in [5.41, 5.74) is 0.275. The lowest BCUT2D eigenvalue weighted by Crippen LogP contribution is -2.26. The molecule has 14 heavy (non-hydrogen) atoms. The lowest BCUT2D eigenvalue weighted by molar-refractivity contribution is 0.743. The molecule has 0 saturated carbocycles. The van der Waals surface area contributed by atoms with Crippen LogP contribution in [0.1, 0.15) is 19.5 Å². The molecule has 0 spiro atoms. The van der Waals surface area contributed by atoms with Crippen LogP contribution in [0.4, 0.5) is 5.82 Å². The quantitative estimate of drug-likeness (QED) is 0.751. The third-order valence-corrected chi connectivity index (χ3v) is 2.38. The van der Waals surface area contributed by atoms with Crippen LogP contribution >= 0.6 is 11.6 Å².